The molecule has 28 heavy (non-hydrogen) atoms. The topological polar surface area (TPSA) is 42.3 Å². The number of benzene rings is 2. The van der Waals surface area contributed by atoms with E-state index in [4.69, 9.17) is 4.74 Å². The number of fused-ring (bicyclic) bond motifs is 2. The van der Waals surface area contributed by atoms with E-state index < -0.39 is 0 Å². The Morgan fingerprint density at radius 2 is 1.68 bits per heavy atom. The Balaban J connectivity index is 1.56. The van der Waals surface area contributed by atoms with Crippen LogP contribution < -0.4 is 4.74 Å². The van der Waals surface area contributed by atoms with Crippen molar-refractivity contribution >= 4 is 16.6 Å². The van der Waals surface area contributed by atoms with Gasteiger partial charge in [-0.05, 0) is 78.9 Å². The van der Waals surface area contributed by atoms with Crippen molar-refractivity contribution < 1.29 is 4.74 Å². The standard InChI is InChI=1S/C24H21N3O/c1-16(2)28-21-8-5-18(6-9-21)23-14-26-24-10-7-20(15-27(23)24)19-4-3-17-11-12-25-22(17)13-19/h3-16,25H,1-2H3. The van der Waals surface area contributed by atoms with Crippen molar-refractivity contribution in [2.75, 3.05) is 0 Å². The maximum Gasteiger partial charge on any atom is 0.137 e. The van der Waals surface area contributed by atoms with Crippen molar-refractivity contribution in [3.63, 3.8) is 0 Å². The Kier molecular flexibility index (Phi) is 3.90. The zero-order valence-corrected chi connectivity index (χ0v) is 15.9. The fourth-order valence-corrected chi connectivity index (χ4v) is 3.57. The number of hydrogen-bond acceptors (Lipinski definition) is 2. The van der Waals surface area contributed by atoms with E-state index in [9.17, 15) is 0 Å². The van der Waals surface area contributed by atoms with Crippen LogP contribution in [0.5, 0.6) is 5.75 Å². The van der Waals surface area contributed by atoms with Gasteiger partial charge in [0, 0.05) is 23.5 Å². The van der Waals surface area contributed by atoms with E-state index in [1.165, 1.54) is 10.9 Å². The minimum Gasteiger partial charge on any atom is -0.491 e. The third-order valence-electron chi connectivity index (χ3n) is 4.92. The zero-order valence-electron chi connectivity index (χ0n) is 15.9. The Morgan fingerprint density at radius 1 is 0.893 bits per heavy atom. The van der Waals surface area contributed by atoms with Crippen molar-refractivity contribution in [3.8, 4) is 28.1 Å². The highest BCUT2D eigenvalue weighted by Crippen LogP contribution is 2.28. The average Bonchev–Trinajstić information content (AvgIpc) is 3.34. The molecule has 5 aromatic rings. The van der Waals surface area contributed by atoms with Gasteiger partial charge in [0.25, 0.3) is 0 Å². The Bertz CT molecular complexity index is 1260. The molecule has 0 amide bonds. The third kappa shape index (κ3) is 2.93. The third-order valence-corrected chi connectivity index (χ3v) is 4.92. The molecule has 0 aliphatic carbocycles. The molecule has 0 fully saturated rings. The van der Waals surface area contributed by atoms with Gasteiger partial charge in [0.1, 0.15) is 11.4 Å². The highest BCUT2D eigenvalue weighted by Gasteiger charge is 2.09. The minimum absolute atomic E-state index is 0.168. The van der Waals surface area contributed by atoms with Gasteiger partial charge >= 0.3 is 0 Å². The van der Waals surface area contributed by atoms with Gasteiger partial charge in [-0.3, -0.25) is 4.40 Å². The van der Waals surface area contributed by atoms with Gasteiger partial charge < -0.3 is 9.72 Å². The summed E-state index contributed by atoms with van der Waals surface area (Å²) in [6.45, 7) is 4.06. The van der Waals surface area contributed by atoms with Crippen LogP contribution in [0.2, 0.25) is 0 Å². The molecule has 3 aromatic heterocycles. The number of hydrogen-bond donors (Lipinski definition) is 1. The lowest BCUT2D eigenvalue weighted by Gasteiger charge is -2.10. The molecule has 0 aliphatic rings. The lowest BCUT2D eigenvalue weighted by molar-refractivity contribution is 0.242. The molecule has 4 nitrogen and oxygen atoms in total. The Hall–Kier alpha value is -3.53. The number of aromatic amines is 1. The summed E-state index contributed by atoms with van der Waals surface area (Å²) < 4.78 is 7.90. The second-order valence-electron chi connectivity index (χ2n) is 7.26. The first-order chi connectivity index (χ1) is 13.7. The van der Waals surface area contributed by atoms with Crippen LogP contribution in [-0.4, -0.2) is 20.5 Å². The Morgan fingerprint density at radius 3 is 2.50 bits per heavy atom. The molecule has 0 spiro atoms. The van der Waals surface area contributed by atoms with Crippen LogP contribution in [0.4, 0.5) is 0 Å². The maximum atomic E-state index is 5.75. The molecule has 0 radical (unpaired) electrons. The summed E-state index contributed by atoms with van der Waals surface area (Å²) in [5.74, 6) is 0.882. The molecule has 2 aromatic carbocycles. The van der Waals surface area contributed by atoms with Crippen molar-refractivity contribution in [2.45, 2.75) is 20.0 Å². The number of aromatic nitrogens is 3. The van der Waals surface area contributed by atoms with E-state index in [0.717, 1.165) is 33.7 Å². The monoisotopic (exact) mass is 367 g/mol. The number of rotatable bonds is 4. The number of pyridine rings is 1. The van der Waals surface area contributed by atoms with E-state index in [1.54, 1.807) is 0 Å². The summed E-state index contributed by atoms with van der Waals surface area (Å²) in [6.07, 6.45) is 6.21. The van der Waals surface area contributed by atoms with Crippen LogP contribution in [0.25, 0.3) is 38.9 Å². The summed E-state index contributed by atoms with van der Waals surface area (Å²) in [4.78, 5) is 7.85. The number of nitrogens with one attached hydrogen (secondary N) is 1. The fourth-order valence-electron chi connectivity index (χ4n) is 3.57. The summed E-state index contributed by atoms with van der Waals surface area (Å²) in [7, 11) is 0. The molecular weight excluding hydrogens is 346 g/mol. The number of ether oxygens (including phenoxy) is 1. The van der Waals surface area contributed by atoms with Crippen LogP contribution in [0.3, 0.4) is 0 Å². The van der Waals surface area contributed by atoms with Gasteiger partial charge in [-0.25, -0.2) is 4.98 Å². The molecule has 0 aliphatic heterocycles. The molecule has 0 unspecified atom stereocenters. The van der Waals surface area contributed by atoms with Crippen LogP contribution in [0.1, 0.15) is 13.8 Å². The van der Waals surface area contributed by atoms with Crippen LogP contribution in [0, 0.1) is 0 Å². The number of H-pyrrole nitrogens is 1. The molecular formula is C24H21N3O. The van der Waals surface area contributed by atoms with E-state index in [-0.39, 0.29) is 6.10 Å². The van der Waals surface area contributed by atoms with Gasteiger partial charge in [0.15, 0.2) is 0 Å². The highest BCUT2D eigenvalue weighted by molar-refractivity contribution is 5.85. The fraction of sp³-hybridized carbons (Fsp3) is 0.125. The normalized spacial score (nSPS) is 11.5. The Labute approximate surface area is 163 Å². The van der Waals surface area contributed by atoms with Crippen molar-refractivity contribution in [1.82, 2.24) is 14.4 Å². The largest absolute Gasteiger partial charge is 0.491 e. The number of imidazole rings is 1. The molecule has 3 heterocycles. The molecule has 1 N–H and O–H groups in total. The van der Waals surface area contributed by atoms with E-state index in [1.807, 2.05) is 38.4 Å². The highest BCUT2D eigenvalue weighted by atomic mass is 16.5. The van der Waals surface area contributed by atoms with Crippen LogP contribution in [0.15, 0.2) is 79.3 Å². The average molecular weight is 367 g/mol. The molecule has 0 atom stereocenters. The molecule has 4 heteroatoms. The van der Waals surface area contributed by atoms with E-state index >= 15 is 0 Å². The second kappa shape index (κ2) is 6.57. The first-order valence-corrected chi connectivity index (χ1v) is 9.49. The van der Waals surface area contributed by atoms with Crippen LogP contribution >= 0.6 is 0 Å². The van der Waals surface area contributed by atoms with Gasteiger partial charge in [-0.1, -0.05) is 12.1 Å². The van der Waals surface area contributed by atoms with Crippen molar-refractivity contribution in [3.05, 3.63) is 79.3 Å². The predicted molar refractivity (Wildman–Crippen MR) is 114 cm³/mol. The minimum atomic E-state index is 0.168. The summed E-state index contributed by atoms with van der Waals surface area (Å²) in [5.41, 5.74) is 6.58. The molecule has 0 bridgehead atoms. The predicted octanol–water partition coefficient (Wildman–Crippen LogP) is 5.94. The van der Waals surface area contributed by atoms with Crippen LogP contribution in [-0.2, 0) is 0 Å². The molecule has 5 rings (SSSR count). The molecule has 0 saturated heterocycles. The number of nitrogens with zero attached hydrogens (tertiary/aromatic N) is 2. The summed E-state index contributed by atoms with van der Waals surface area (Å²) in [5, 5.41) is 1.22. The molecule has 0 saturated carbocycles. The van der Waals surface area contributed by atoms with Crippen molar-refractivity contribution in [1.29, 1.82) is 0 Å². The van der Waals surface area contributed by atoms with Gasteiger partial charge in [0.2, 0.25) is 0 Å². The zero-order chi connectivity index (χ0) is 19.1. The van der Waals surface area contributed by atoms with Crippen molar-refractivity contribution in [2.24, 2.45) is 0 Å². The lowest BCUT2D eigenvalue weighted by Crippen LogP contribution is -2.05. The van der Waals surface area contributed by atoms with Gasteiger partial charge in [-0.2, -0.15) is 0 Å². The summed E-state index contributed by atoms with van der Waals surface area (Å²) in [6, 6.07) is 20.9. The van der Waals surface area contributed by atoms with Gasteiger partial charge in [-0.15, -0.1) is 0 Å². The lowest BCUT2D eigenvalue weighted by atomic mass is 10.1. The summed E-state index contributed by atoms with van der Waals surface area (Å²) >= 11 is 0. The smallest absolute Gasteiger partial charge is 0.137 e. The maximum absolute atomic E-state index is 5.75. The first kappa shape index (κ1) is 16.6. The first-order valence-electron chi connectivity index (χ1n) is 9.49. The quantitative estimate of drug-likeness (QED) is 0.427. The second-order valence-corrected chi connectivity index (χ2v) is 7.26. The van der Waals surface area contributed by atoms with Gasteiger partial charge in [0.05, 0.1) is 18.0 Å². The molecule has 138 valence electrons. The van der Waals surface area contributed by atoms with E-state index in [0.29, 0.717) is 0 Å². The van der Waals surface area contributed by atoms with E-state index in [2.05, 4.69) is 69.1 Å². The SMILES string of the molecule is CC(C)Oc1ccc(-c2cnc3ccc(-c4ccc5cc[nH]c5c4)cn23)cc1.